The summed E-state index contributed by atoms with van der Waals surface area (Å²) in [6.45, 7) is 4.72. The van der Waals surface area contributed by atoms with Gasteiger partial charge in [-0.25, -0.2) is 8.42 Å². The molecular formula is C22H26N2O4S. The van der Waals surface area contributed by atoms with Crippen LogP contribution in [0.2, 0.25) is 0 Å². The molecule has 0 radical (unpaired) electrons. The second kappa shape index (κ2) is 7.80. The highest BCUT2D eigenvalue weighted by Crippen LogP contribution is 2.36. The lowest BCUT2D eigenvalue weighted by atomic mass is 9.98. The Hall–Kier alpha value is -2.38. The molecule has 0 unspecified atom stereocenters. The molecule has 2 aromatic carbocycles. The number of benzene rings is 2. The van der Waals surface area contributed by atoms with Crippen LogP contribution < -0.4 is 9.64 Å². The van der Waals surface area contributed by atoms with Crippen LogP contribution in [0.5, 0.6) is 5.75 Å². The molecule has 2 aromatic rings. The first-order valence-electron chi connectivity index (χ1n) is 9.95. The predicted octanol–water partition coefficient (Wildman–Crippen LogP) is 2.66. The number of carbonyl (C=O) groups is 1. The van der Waals surface area contributed by atoms with Crippen molar-refractivity contribution in [2.24, 2.45) is 0 Å². The van der Waals surface area contributed by atoms with E-state index in [0.717, 1.165) is 17.0 Å². The van der Waals surface area contributed by atoms with Crippen molar-refractivity contribution < 1.29 is 17.9 Å². The molecule has 2 heterocycles. The Labute approximate surface area is 172 Å². The number of fused-ring (bicyclic) bond motifs is 1. The predicted molar refractivity (Wildman–Crippen MR) is 113 cm³/mol. The Morgan fingerprint density at radius 3 is 2.34 bits per heavy atom. The molecule has 0 aliphatic carbocycles. The molecular weight excluding hydrogens is 388 g/mol. The minimum Gasteiger partial charge on any atom is -0.494 e. The first kappa shape index (κ1) is 19.9. The maximum absolute atomic E-state index is 13.2. The highest BCUT2D eigenvalue weighted by molar-refractivity contribution is 7.91. The van der Waals surface area contributed by atoms with Crippen LogP contribution in [0.15, 0.2) is 54.6 Å². The molecule has 154 valence electrons. The van der Waals surface area contributed by atoms with Crippen molar-refractivity contribution >= 4 is 21.4 Å². The molecule has 29 heavy (non-hydrogen) atoms. The Balaban J connectivity index is 1.66. The second-order valence-corrected chi connectivity index (χ2v) is 9.82. The lowest BCUT2D eigenvalue weighted by Crippen LogP contribution is -2.62. The van der Waals surface area contributed by atoms with E-state index in [-0.39, 0.29) is 42.1 Å². The molecule has 0 aromatic heterocycles. The van der Waals surface area contributed by atoms with Crippen molar-refractivity contribution in [1.82, 2.24) is 4.90 Å². The molecule has 2 fully saturated rings. The van der Waals surface area contributed by atoms with Crippen molar-refractivity contribution in [2.75, 3.05) is 29.6 Å². The zero-order valence-corrected chi connectivity index (χ0v) is 17.5. The van der Waals surface area contributed by atoms with Crippen LogP contribution in [0.3, 0.4) is 0 Å². The number of anilines is 1. The Bertz CT molecular complexity index is 976. The number of piperazine rings is 1. The summed E-state index contributed by atoms with van der Waals surface area (Å²) >= 11 is 0. The molecule has 0 saturated carbocycles. The topological polar surface area (TPSA) is 66.9 Å². The number of nitrogens with zero attached hydrogens (tertiary/aromatic N) is 2. The Kier molecular flexibility index (Phi) is 5.36. The average Bonchev–Trinajstić information content (AvgIpc) is 3.03. The van der Waals surface area contributed by atoms with E-state index in [2.05, 4.69) is 4.90 Å². The number of amides is 1. The molecule has 2 aliphatic rings. The molecule has 2 saturated heterocycles. The van der Waals surface area contributed by atoms with Gasteiger partial charge >= 0.3 is 0 Å². The van der Waals surface area contributed by atoms with Gasteiger partial charge in [0.05, 0.1) is 30.7 Å². The summed E-state index contributed by atoms with van der Waals surface area (Å²) < 4.78 is 30.6. The lowest BCUT2D eigenvalue weighted by molar-refractivity contribution is -0.124. The van der Waals surface area contributed by atoms with Gasteiger partial charge < -0.3 is 9.64 Å². The van der Waals surface area contributed by atoms with Crippen LogP contribution in [0.4, 0.5) is 5.69 Å². The number of hydrogen-bond donors (Lipinski definition) is 0. The standard InChI is InChI=1S/C22H26N2O4S/c1-3-28-19-11-9-18(10-12-19)24-21-15-29(26,27)14-20(21)23(13-22(24)25)16(2)17-7-5-4-6-8-17/h4-12,16,20-21H,3,13-15H2,1-2H3/t16-,20+,21-/m1/s1. The van der Waals surface area contributed by atoms with Crippen LogP contribution in [0.25, 0.3) is 0 Å². The smallest absolute Gasteiger partial charge is 0.241 e. The average molecular weight is 415 g/mol. The molecule has 4 rings (SSSR count). The Morgan fingerprint density at radius 2 is 1.69 bits per heavy atom. The van der Waals surface area contributed by atoms with Crippen LogP contribution in [-0.2, 0) is 14.6 Å². The SMILES string of the molecule is CCOc1ccc(N2C(=O)CN([C@H](C)c3ccccc3)[C@H]3CS(=O)(=O)C[C@H]32)cc1. The molecule has 0 spiro atoms. The largest absolute Gasteiger partial charge is 0.494 e. The van der Waals surface area contributed by atoms with Crippen LogP contribution >= 0.6 is 0 Å². The van der Waals surface area contributed by atoms with Gasteiger partial charge in [-0.15, -0.1) is 0 Å². The summed E-state index contributed by atoms with van der Waals surface area (Å²) in [7, 11) is -3.22. The third-order valence-electron chi connectivity index (χ3n) is 5.84. The molecule has 0 bridgehead atoms. The number of rotatable bonds is 5. The fraction of sp³-hybridized carbons (Fsp3) is 0.409. The fourth-order valence-corrected chi connectivity index (χ4v) is 6.42. The summed E-state index contributed by atoms with van der Waals surface area (Å²) in [5.74, 6) is 0.732. The highest BCUT2D eigenvalue weighted by atomic mass is 32.2. The van der Waals surface area contributed by atoms with Crippen LogP contribution in [0.1, 0.15) is 25.5 Å². The van der Waals surface area contributed by atoms with Gasteiger partial charge in [0.1, 0.15) is 5.75 Å². The number of carbonyl (C=O) groups excluding carboxylic acids is 1. The van der Waals surface area contributed by atoms with Gasteiger partial charge in [-0.3, -0.25) is 9.69 Å². The number of hydrogen-bond acceptors (Lipinski definition) is 5. The van der Waals surface area contributed by atoms with Crippen molar-refractivity contribution in [3.05, 3.63) is 60.2 Å². The van der Waals surface area contributed by atoms with E-state index in [1.807, 2.05) is 68.4 Å². The van der Waals surface area contributed by atoms with Gasteiger partial charge in [0.2, 0.25) is 5.91 Å². The first-order chi connectivity index (χ1) is 13.9. The zero-order valence-electron chi connectivity index (χ0n) is 16.7. The van der Waals surface area contributed by atoms with E-state index < -0.39 is 9.84 Å². The third-order valence-corrected chi connectivity index (χ3v) is 7.54. The lowest BCUT2D eigenvalue weighted by Gasteiger charge is -2.46. The quantitative estimate of drug-likeness (QED) is 0.753. The van der Waals surface area contributed by atoms with Gasteiger partial charge in [0, 0.05) is 17.8 Å². The van der Waals surface area contributed by atoms with E-state index in [1.165, 1.54) is 0 Å². The maximum Gasteiger partial charge on any atom is 0.241 e. The van der Waals surface area contributed by atoms with Crippen molar-refractivity contribution in [3.8, 4) is 5.75 Å². The summed E-state index contributed by atoms with van der Waals surface area (Å²) in [5.41, 5.74) is 1.80. The first-order valence-corrected chi connectivity index (χ1v) is 11.8. The summed E-state index contributed by atoms with van der Waals surface area (Å²) in [4.78, 5) is 16.9. The monoisotopic (exact) mass is 414 g/mol. The van der Waals surface area contributed by atoms with Crippen LogP contribution in [-0.4, -0.2) is 56.0 Å². The maximum atomic E-state index is 13.2. The number of sulfone groups is 1. The van der Waals surface area contributed by atoms with E-state index in [1.54, 1.807) is 4.90 Å². The van der Waals surface area contributed by atoms with Crippen molar-refractivity contribution in [2.45, 2.75) is 32.0 Å². The van der Waals surface area contributed by atoms with Gasteiger partial charge in [-0.1, -0.05) is 30.3 Å². The normalized spacial score (nSPS) is 24.9. The summed E-state index contributed by atoms with van der Waals surface area (Å²) in [5, 5.41) is 0. The second-order valence-electron chi connectivity index (χ2n) is 7.66. The van der Waals surface area contributed by atoms with Crippen LogP contribution in [0, 0.1) is 0 Å². The highest BCUT2D eigenvalue weighted by Gasteiger charge is 2.50. The minimum absolute atomic E-state index is 0.00533. The third kappa shape index (κ3) is 3.89. The van der Waals surface area contributed by atoms with Gasteiger partial charge in [0.25, 0.3) is 0 Å². The van der Waals surface area contributed by atoms with Gasteiger partial charge in [-0.2, -0.15) is 0 Å². The molecule has 2 aliphatic heterocycles. The molecule has 1 amide bonds. The summed E-state index contributed by atoms with van der Waals surface area (Å²) in [6.07, 6.45) is 0. The van der Waals surface area contributed by atoms with E-state index >= 15 is 0 Å². The molecule has 3 atom stereocenters. The molecule has 0 N–H and O–H groups in total. The summed E-state index contributed by atoms with van der Waals surface area (Å²) in [6, 6.07) is 16.6. The zero-order chi connectivity index (χ0) is 20.6. The van der Waals surface area contributed by atoms with E-state index in [4.69, 9.17) is 4.74 Å². The van der Waals surface area contributed by atoms with E-state index in [0.29, 0.717) is 6.61 Å². The Morgan fingerprint density at radius 1 is 1.03 bits per heavy atom. The molecule has 6 nitrogen and oxygen atoms in total. The van der Waals surface area contributed by atoms with Crippen molar-refractivity contribution in [3.63, 3.8) is 0 Å². The molecule has 7 heteroatoms. The minimum atomic E-state index is -3.22. The fourth-order valence-electron chi connectivity index (χ4n) is 4.46. The van der Waals surface area contributed by atoms with E-state index in [9.17, 15) is 13.2 Å². The van der Waals surface area contributed by atoms with Gasteiger partial charge in [-0.05, 0) is 43.7 Å². The van der Waals surface area contributed by atoms with Gasteiger partial charge in [0.15, 0.2) is 9.84 Å². The van der Waals surface area contributed by atoms with Crippen molar-refractivity contribution in [1.29, 1.82) is 0 Å². The number of ether oxygens (including phenoxy) is 1.